The van der Waals surface area contributed by atoms with E-state index in [0.29, 0.717) is 5.69 Å². The van der Waals surface area contributed by atoms with Crippen molar-refractivity contribution in [1.82, 2.24) is 0 Å². The van der Waals surface area contributed by atoms with Gasteiger partial charge in [0.15, 0.2) is 9.84 Å². The summed E-state index contributed by atoms with van der Waals surface area (Å²) in [6.45, 7) is 1.90. The van der Waals surface area contributed by atoms with Gasteiger partial charge in [-0.15, -0.1) is 11.8 Å². The zero-order chi connectivity index (χ0) is 16.9. The highest BCUT2D eigenvalue weighted by molar-refractivity contribution is 7.98. The molecule has 0 atom stereocenters. The predicted molar refractivity (Wildman–Crippen MR) is 94.7 cm³/mol. The summed E-state index contributed by atoms with van der Waals surface area (Å²) in [5.41, 5.74) is 1.70. The Labute approximate surface area is 141 Å². The van der Waals surface area contributed by atoms with Gasteiger partial charge < -0.3 is 5.32 Å². The minimum atomic E-state index is -3.45. The zero-order valence-electron chi connectivity index (χ0n) is 13.1. The van der Waals surface area contributed by atoms with Crippen LogP contribution in [-0.4, -0.2) is 26.3 Å². The van der Waals surface area contributed by atoms with Crippen LogP contribution in [0.3, 0.4) is 0 Å². The summed E-state index contributed by atoms with van der Waals surface area (Å²) in [4.78, 5) is 13.2. The van der Waals surface area contributed by atoms with Crippen LogP contribution in [0, 0.1) is 6.92 Å². The maximum Gasteiger partial charge on any atom is 0.225 e. The van der Waals surface area contributed by atoms with Gasteiger partial charge in [-0.2, -0.15) is 0 Å². The van der Waals surface area contributed by atoms with Crippen molar-refractivity contribution in [2.24, 2.45) is 0 Å². The lowest BCUT2D eigenvalue weighted by atomic mass is 10.2. The lowest BCUT2D eigenvalue weighted by Gasteiger charge is -2.09. The second-order valence-corrected chi connectivity index (χ2v) is 8.09. The van der Waals surface area contributed by atoms with Crippen molar-refractivity contribution >= 4 is 33.2 Å². The van der Waals surface area contributed by atoms with Crippen molar-refractivity contribution in [2.75, 3.05) is 17.3 Å². The Balaban J connectivity index is 2.00. The number of nitrogens with one attached hydrogen (secondary N) is 1. The Morgan fingerprint density at radius 3 is 2.39 bits per heavy atom. The number of carbonyl (C=O) groups is 1. The summed E-state index contributed by atoms with van der Waals surface area (Å²) in [6.07, 6.45) is 1.85. The van der Waals surface area contributed by atoms with Crippen LogP contribution in [-0.2, 0) is 14.6 Å². The van der Waals surface area contributed by atoms with Gasteiger partial charge >= 0.3 is 0 Å². The number of carbonyl (C=O) groups excluding carboxylic acids is 1. The fourth-order valence-electron chi connectivity index (χ4n) is 2.05. The highest BCUT2D eigenvalue weighted by atomic mass is 32.2. The average molecular weight is 349 g/mol. The molecule has 0 unspecified atom stereocenters. The SMILES string of the molecule is CSc1ccccc1NC(=O)CCS(=O)(=O)c1ccc(C)cc1. The van der Waals surface area contributed by atoms with E-state index in [1.165, 1.54) is 11.8 Å². The third-order valence-corrected chi connectivity index (χ3v) is 5.89. The van der Waals surface area contributed by atoms with Crippen LogP contribution in [0.2, 0.25) is 0 Å². The Bertz CT molecular complexity index is 784. The lowest BCUT2D eigenvalue weighted by Crippen LogP contribution is -2.17. The molecule has 0 aromatic heterocycles. The molecule has 1 N–H and O–H groups in total. The van der Waals surface area contributed by atoms with Crippen LogP contribution >= 0.6 is 11.8 Å². The maximum atomic E-state index is 12.2. The number of hydrogen-bond acceptors (Lipinski definition) is 4. The molecule has 1 amide bonds. The molecule has 122 valence electrons. The molecule has 0 aliphatic carbocycles. The molecule has 0 radical (unpaired) electrons. The number of thioether (sulfide) groups is 1. The molecule has 0 aliphatic heterocycles. The number of para-hydroxylation sites is 1. The number of sulfone groups is 1. The van der Waals surface area contributed by atoms with Gasteiger partial charge in [-0.05, 0) is 37.4 Å². The molecule has 0 spiro atoms. The van der Waals surface area contributed by atoms with Crippen LogP contribution in [0.5, 0.6) is 0 Å². The van der Waals surface area contributed by atoms with Crippen molar-refractivity contribution in [2.45, 2.75) is 23.1 Å². The van der Waals surface area contributed by atoms with Gasteiger partial charge in [0.25, 0.3) is 0 Å². The zero-order valence-corrected chi connectivity index (χ0v) is 14.7. The highest BCUT2D eigenvalue weighted by Crippen LogP contribution is 2.24. The molecule has 0 bridgehead atoms. The molecule has 4 nitrogen and oxygen atoms in total. The van der Waals surface area contributed by atoms with Crippen molar-refractivity contribution in [3.05, 3.63) is 54.1 Å². The molecule has 2 rings (SSSR count). The second-order valence-electron chi connectivity index (χ2n) is 5.13. The maximum absolute atomic E-state index is 12.2. The summed E-state index contributed by atoms with van der Waals surface area (Å²) >= 11 is 1.53. The van der Waals surface area contributed by atoms with E-state index >= 15 is 0 Å². The molecule has 23 heavy (non-hydrogen) atoms. The minimum absolute atomic E-state index is 0.0705. The predicted octanol–water partition coefficient (Wildman–Crippen LogP) is 3.52. The highest BCUT2D eigenvalue weighted by Gasteiger charge is 2.16. The van der Waals surface area contributed by atoms with Gasteiger partial charge in [0, 0.05) is 11.3 Å². The Morgan fingerprint density at radius 2 is 1.74 bits per heavy atom. The average Bonchev–Trinajstić information content (AvgIpc) is 2.54. The number of hydrogen-bond donors (Lipinski definition) is 1. The van der Waals surface area contributed by atoms with E-state index in [9.17, 15) is 13.2 Å². The van der Waals surface area contributed by atoms with Gasteiger partial charge in [0.1, 0.15) is 0 Å². The van der Waals surface area contributed by atoms with Gasteiger partial charge in [0.05, 0.1) is 16.3 Å². The molecule has 0 fully saturated rings. The first kappa shape index (κ1) is 17.6. The molecule has 2 aromatic rings. The van der Waals surface area contributed by atoms with Gasteiger partial charge in [-0.1, -0.05) is 29.8 Å². The largest absolute Gasteiger partial charge is 0.325 e. The fraction of sp³-hybridized carbons (Fsp3) is 0.235. The van der Waals surface area contributed by atoms with Gasteiger partial charge in [-0.25, -0.2) is 8.42 Å². The monoisotopic (exact) mass is 349 g/mol. The van der Waals surface area contributed by atoms with Crippen molar-refractivity contribution in [3.63, 3.8) is 0 Å². The van der Waals surface area contributed by atoms with Gasteiger partial charge in [-0.3, -0.25) is 4.79 Å². The summed E-state index contributed by atoms with van der Waals surface area (Å²) in [5, 5.41) is 2.77. The third-order valence-electron chi connectivity index (χ3n) is 3.36. The van der Waals surface area contributed by atoms with E-state index in [4.69, 9.17) is 0 Å². The number of amides is 1. The molecule has 0 heterocycles. The molecular weight excluding hydrogens is 330 g/mol. The fourth-order valence-corrected chi connectivity index (χ4v) is 3.85. The first-order valence-electron chi connectivity index (χ1n) is 7.14. The molecular formula is C17H19NO3S2. The molecule has 0 aliphatic rings. The van der Waals surface area contributed by atoms with Crippen LogP contribution in [0.4, 0.5) is 5.69 Å². The minimum Gasteiger partial charge on any atom is -0.325 e. The van der Waals surface area contributed by atoms with E-state index in [0.717, 1.165) is 10.5 Å². The first-order chi connectivity index (χ1) is 10.9. The normalized spacial score (nSPS) is 11.2. The quantitative estimate of drug-likeness (QED) is 0.811. The van der Waals surface area contributed by atoms with Gasteiger partial charge in [0.2, 0.25) is 5.91 Å². The number of benzene rings is 2. The topological polar surface area (TPSA) is 63.2 Å². The van der Waals surface area contributed by atoms with Crippen molar-refractivity contribution in [1.29, 1.82) is 0 Å². The molecule has 2 aromatic carbocycles. The van der Waals surface area contributed by atoms with Crippen LogP contribution in [0.1, 0.15) is 12.0 Å². The van der Waals surface area contributed by atoms with E-state index < -0.39 is 9.84 Å². The lowest BCUT2D eigenvalue weighted by molar-refractivity contribution is -0.115. The van der Waals surface area contributed by atoms with Crippen LogP contribution in [0.25, 0.3) is 0 Å². The standard InChI is InChI=1S/C17H19NO3S2/c1-13-7-9-14(10-8-13)23(20,21)12-11-17(19)18-15-5-3-4-6-16(15)22-2/h3-10H,11-12H2,1-2H3,(H,18,19). The molecule has 0 saturated heterocycles. The van der Waals surface area contributed by atoms with Crippen LogP contribution in [0.15, 0.2) is 58.3 Å². The first-order valence-corrected chi connectivity index (χ1v) is 10.0. The molecule has 0 saturated carbocycles. The summed E-state index contributed by atoms with van der Waals surface area (Å²) in [6, 6.07) is 14.1. The number of aryl methyl sites for hydroxylation is 1. The summed E-state index contributed by atoms with van der Waals surface area (Å²) in [7, 11) is -3.45. The van der Waals surface area contributed by atoms with Crippen molar-refractivity contribution in [3.8, 4) is 0 Å². The Kier molecular flexibility index (Phi) is 5.85. The third kappa shape index (κ3) is 4.84. The van der Waals surface area contributed by atoms with Crippen molar-refractivity contribution < 1.29 is 13.2 Å². The summed E-state index contributed by atoms with van der Waals surface area (Å²) < 4.78 is 24.5. The van der Waals surface area contributed by atoms with Crippen LogP contribution < -0.4 is 5.32 Å². The van der Waals surface area contributed by atoms with E-state index in [1.54, 1.807) is 30.3 Å². The Morgan fingerprint density at radius 1 is 1.09 bits per heavy atom. The van der Waals surface area contributed by atoms with E-state index in [-0.39, 0.29) is 23.0 Å². The van der Waals surface area contributed by atoms with E-state index in [2.05, 4.69) is 5.32 Å². The smallest absolute Gasteiger partial charge is 0.225 e. The number of rotatable bonds is 6. The Hall–Kier alpha value is -1.79. The summed E-state index contributed by atoms with van der Waals surface area (Å²) in [5.74, 6) is -0.509. The van der Waals surface area contributed by atoms with E-state index in [1.807, 2.05) is 31.4 Å². The molecule has 6 heteroatoms. The second kappa shape index (κ2) is 7.66. The number of anilines is 1.